The van der Waals surface area contributed by atoms with E-state index >= 15 is 4.39 Å². The molecule has 0 unspecified atom stereocenters. The van der Waals surface area contributed by atoms with Gasteiger partial charge in [0, 0.05) is 48.5 Å². The molecule has 186 valence electrons. The highest BCUT2D eigenvalue weighted by Crippen LogP contribution is 2.42. The first-order valence-corrected chi connectivity index (χ1v) is 12.8. The number of benzene rings is 3. The average molecular weight is 505 g/mol. The molecule has 1 heterocycles. The zero-order valence-electron chi connectivity index (χ0n) is 20.6. The molecule has 4 nitrogen and oxygen atoms in total. The van der Waals surface area contributed by atoms with E-state index in [-0.39, 0.29) is 11.4 Å². The first-order chi connectivity index (χ1) is 17.3. The number of fused-ring (bicyclic) bond motifs is 1. The molecule has 1 saturated heterocycles. The first kappa shape index (κ1) is 24.5. The summed E-state index contributed by atoms with van der Waals surface area (Å²) >= 11 is 6.04. The molecular formula is C30H30ClFN2O2. The van der Waals surface area contributed by atoms with Crippen molar-refractivity contribution in [2.75, 3.05) is 31.1 Å². The summed E-state index contributed by atoms with van der Waals surface area (Å²) in [6.45, 7) is 8.54. The van der Waals surface area contributed by atoms with Crippen LogP contribution < -0.4 is 4.90 Å². The number of hydrogen-bond acceptors (Lipinski definition) is 3. The number of rotatable bonds is 5. The van der Waals surface area contributed by atoms with E-state index in [0.717, 1.165) is 54.0 Å². The molecular weight excluding hydrogens is 475 g/mol. The van der Waals surface area contributed by atoms with Crippen molar-refractivity contribution < 1.29 is 14.3 Å². The molecule has 1 aliphatic heterocycles. The number of allylic oxidation sites excluding steroid dienone is 1. The van der Waals surface area contributed by atoms with Gasteiger partial charge in [0.05, 0.1) is 5.56 Å². The van der Waals surface area contributed by atoms with Gasteiger partial charge in [-0.15, -0.1) is 0 Å². The number of carboxylic acids is 1. The number of carboxylic acid groups (broad SMARTS) is 1. The van der Waals surface area contributed by atoms with Crippen LogP contribution in [-0.4, -0.2) is 48.2 Å². The van der Waals surface area contributed by atoms with Gasteiger partial charge in [0.15, 0.2) is 0 Å². The van der Waals surface area contributed by atoms with Crippen molar-refractivity contribution in [3.05, 3.63) is 99.3 Å². The Morgan fingerprint density at radius 3 is 2.25 bits per heavy atom. The van der Waals surface area contributed by atoms with Gasteiger partial charge in [-0.05, 0) is 90.9 Å². The van der Waals surface area contributed by atoms with Crippen LogP contribution in [0.25, 0.3) is 11.1 Å². The van der Waals surface area contributed by atoms with Gasteiger partial charge in [0.1, 0.15) is 5.82 Å². The lowest BCUT2D eigenvalue weighted by Crippen LogP contribution is -2.48. The molecule has 0 aromatic heterocycles. The van der Waals surface area contributed by atoms with Crippen LogP contribution in [0.4, 0.5) is 10.1 Å². The summed E-state index contributed by atoms with van der Waals surface area (Å²) in [6.07, 6.45) is 1.26. The van der Waals surface area contributed by atoms with Gasteiger partial charge in [0.2, 0.25) is 0 Å². The van der Waals surface area contributed by atoms with Crippen LogP contribution in [0.2, 0.25) is 5.02 Å². The second-order valence-corrected chi connectivity index (χ2v) is 10.3. The van der Waals surface area contributed by atoms with Gasteiger partial charge in [-0.2, -0.15) is 0 Å². The third-order valence-electron chi connectivity index (χ3n) is 7.39. The Labute approximate surface area is 216 Å². The molecule has 1 aliphatic carbocycles. The summed E-state index contributed by atoms with van der Waals surface area (Å²) in [7, 11) is 0. The molecule has 0 bridgehead atoms. The molecule has 1 N–H and O–H groups in total. The number of piperazine rings is 1. The van der Waals surface area contributed by atoms with Crippen molar-refractivity contribution in [1.29, 1.82) is 0 Å². The van der Waals surface area contributed by atoms with Crippen molar-refractivity contribution in [1.82, 2.24) is 4.90 Å². The lowest BCUT2D eigenvalue weighted by atomic mass is 9.79. The number of anilines is 1. The molecule has 0 spiro atoms. The molecule has 36 heavy (non-hydrogen) atoms. The molecule has 0 atom stereocenters. The van der Waals surface area contributed by atoms with E-state index in [1.807, 2.05) is 6.07 Å². The number of halogens is 2. The molecule has 3 aromatic rings. The van der Waals surface area contributed by atoms with Gasteiger partial charge in [-0.1, -0.05) is 35.9 Å². The number of carbonyl (C=O) groups is 1. The molecule has 0 amide bonds. The second kappa shape index (κ2) is 10.1. The number of aryl methyl sites for hydroxylation is 1. The molecule has 1 fully saturated rings. The highest BCUT2D eigenvalue weighted by atomic mass is 35.5. The van der Waals surface area contributed by atoms with Gasteiger partial charge in [0.25, 0.3) is 0 Å². The monoisotopic (exact) mass is 504 g/mol. The van der Waals surface area contributed by atoms with E-state index in [4.69, 9.17) is 11.6 Å². The largest absolute Gasteiger partial charge is 0.478 e. The van der Waals surface area contributed by atoms with Crippen LogP contribution in [0.3, 0.4) is 0 Å². The minimum atomic E-state index is -0.945. The maximum atomic E-state index is 15.1. The molecule has 5 rings (SSSR count). The van der Waals surface area contributed by atoms with Crippen molar-refractivity contribution in [3.63, 3.8) is 0 Å². The zero-order valence-corrected chi connectivity index (χ0v) is 21.4. The Morgan fingerprint density at radius 1 is 0.917 bits per heavy atom. The van der Waals surface area contributed by atoms with Gasteiger partial charge < -0.3 is 10.0 Å². The Balaban J connectivity index is 1.56. The minimum absolute atomic E-state index is 0.269. The van der Waals surface area contributed by atoms with Crippen LogP contribution in [0.1, 0.15) is 52.9 Å². The van der Waals surface area contributed by atoms with Crippen molar-refractivity contribution in [2.24, 2.45) is 0 Å². The molecule has 0 radical (unpaired) electrons. The third kappa shape index (κ3) is 4.78. The standard InChI is InChI=1S/C30H30ClFN2O2/c1-19(2)33-13-15-34(16-14-33)24-8-3-20(4-9-24)29-25-10-6-22(30(35)36)17-21(25)5-11-27(29)26-12-7-23(31)18-28(26)32/h3-4,6-10,12,17-19H,5,11,13-16H2,1-2H3,(H,35,36). The normalized spacial score (nSPS) is 16.4. The highest BCUT2D eigenvalue weighted by Gasteiger charge is 2.25. The summed E-state index contributed by atoms with van der Waals surface area (Å²) in [6, 6.07) is 19.1. The van der Waals surface area contributed by atoms with Crippen molar-refractivity contribution in [3.8, 4) is 0 Å². The van der Waals surface area contributed by atoms with Gasteiger partial charge in [-0.3, -0.25) is 4.90 Å². The highest BCUT2D eigenvalue weighted by molar-refractivity contribution is 6.30. The van der Waals surface area contributed by atoms with Crippen LogP contribution in [0.15, 0.2) is 60.7 Å². The summed E-state index contributed by atoms with van der Waals surface area (Å²) in [5.41, 5.74) is 6.77. The molecule has 2 aliphatic rings. The van der Waals surface area contributed by atoms with Crippen LogP contribution >= 0.6 is 11.6 Å². The van der Waals surface area contributed by atoms with Gasteiger partial charge in [-0.25, -0.2) is 9.18 Å². The smallest absolute Gasteiger partial charge is 0.335 e. The van der Waals surface area contributed by atoms with Crippen molar-refractivity contribution in [2.45, 2.75) is 32.7 Å². The lowest BCUT2D eigenvalue weighted by molar-refractivity contribution is 0.0696. The minimum Gasteiger partial charge on any atom is -0.478 e. The van der Waals surface area contributed by atoms with E-state index < -0.39 is 5.97 Å². The second-order valence-electron chi connectivity index (χ2n) is 9.82. The number of nitrogens with zero attached hydrogens (tertiary/aromatic N) is 2. The zero-order chi connectivity index (χ0) is 25.4. The van der Waals surface area contributed by atoms with E-state index in [1.165, 1.54) is 11.8 Å². The quantitative estimate of drug-likeness (QED) is 0.424. The molecule has 3 aromatic carbocycles. The Bertz CT molecular complexity index is 1330. The number of aromatic carboxylic acids is 1. The van der Waals surface area contributed by atoms with Crippen LogP contribution in [0.5, 0.6) is 0 Å². The average Bonchev–Trinajstić information content (AvgIpc) is 2.88. The molecule has 0 saturated carbocycles. The first-order valence-electron chi connectivity index (χ1n) is 12.5. The fraction of sp³-hybridized carbons (Fsp3) is 0.300. The lowest BCUT2D eigenvalue weighted by Gasteiger charge is -2.38. The predicted molar refractivity (Wildman–Crippen MR) is 144 cm³/mol. The van der Waals surface area contributed by atoms with Crippen molar-refractivity contribution >= 4 is 34.4 Å². The Morgan fingerprint density at radius 2 is 1.61 bits per heavy atom. The molecule has 6 heteroatoms. The maximum Gasteiger partial charge on any atom is 0.335 e. The summed E-state index contributed by atoms with van der Waals surface area (Å²) < 4.78 is 15.1. The van der Waals surface area contributed by atoms with E-state index in [2.05, 4.69) is 47.9 Å². The summed E-state index contributed by atoms with van der Waals surface area (Å²) in [5.74, 6) is -1.29. The maximum absolute atomic E-state index is 15.1. The van der Waals surface area contributed by atoms with E-state index in [1.54, 1.807) is 24.3 Å². The summed E-state index contributed by atoms with van der Waals surface area (Å²) in [5, 5.41) is 9.84. The van der Waals surface area contributed by atoms with Crippen LogP contribution in [0, 0.1) is 5.82 Å². The SMILES string of the molecule is CC(C)N1CCN(c2ccc(C3=C(c4ccc(Cl)cc4F)CCc4cc(C(=O)O)ccc43)cc2)CC1. The Hall–Kier alpha value is -3.15. The summed E-state index contributed by atoms with van der Waals surface area (Å²) in [4.78, 5) is 16.5. The van der Waals surface area contributed by atoms with E-state index in [9.17, 15) is 9.90 Å². The van der Waals surface area contributed by atoms with Gasteiger partial charge >= 0.3 is 5.97 Å². The fourth-order valence-electron chi connectivity index (χ4n) is 5.39. The Kier molecular flexibility index (Phi) is 6.87. The topological polar surface area (TPSA) is 43.8 Å². The number of hydrogen-bond donors (Lipinski definition) is 1. The predicted octanol–water partition coefficient (Wildman–Crippen LogP) is 6.61. The third-order valence-corrected chi connectivity index (χ3v) is 7.62. The van der Waals surface area contributed by atoms with Crippen LogP contribution in [-0.2, 0) is 6.42 Å². The van der Waals surface area contributed by atoms with E-state index in [0.29, 0.717) is 29.5 Å². The fourth-order valence-corrected chi connectivity index (χ4v) is 5.55.